The number of hydrogen-bond donors (Lipinski definition) is 0. The summed E-state index contributed by atoms with van der Waals surface area (Å²) in [6.45, 7) is 4.89. The second-order valence-electron chi connectivity index (χ2n) is 11.7. The van der Waals surface area contributed by atoms with Crippen LogP contribution >= 0.6 is 46.4 Å². The lowest BCUT2D eigenvalue weighted by Crippen LogP contribution is -2.23. The first-order valence-electron chi connectivity index (χ1n) is 16.4. The van der Waals surface area contributed by atoms with Gasteiger partial charge in [0.05, 0.1) is 53.1 Å². The van der Waals surface area contributed by atoms with Gasteiger partial charge in [-0.05, 0) is 108 Å². The molecule has 0 amide bonds. The molecule has 10 heteroatoms. The third-order valence-electron chi connectivity index (χ3n) is 8.60. The first-order valence-corrected chi connectivity index (χ1v) is 17.9. The predicted octanol–water partition coefficient (Wildman–Crippen LogP) is 11.7. The fourth-order valence-corrected chi connectivity index (χ4v) is 7.20. The van der Waals surface area contributed by atoms with Crippen LogP contribution in [0.25, 0.3) is 11.1 Å². The van der Waals surface area contributed by atoms with Gasteiger partial charge in [-0.2, -0.15) is 0 Å². The van der Waals surface area contributed by atoms with E-state index in [9.17, 15) is 4.79 Å². The summed E-state index contributed by atoms with van der Waals surface area (Å²) < 4.78 is 28.9. The van der Waals surface area contributed by atoms with Crippen molar-refractivity contribution < 1.29 is 28.5 Å². The smallest absolute Gasteiger partial charge is 0.341 e. The SMILES string of the molecule is CCOc1ccc(/C(=C/C2(/C=C(\c3ccc(OC)cc3)c3ccc(OCC)cc3)OC(=O)c3c(Cl)c(Cl)c(Cl)c(Cl)c32)c2ccc(OC)cc2)cc1. The van der Waals surface area contributed by atoms with Crippen molar-refractivity contribution in [1.29, 1.82) is 0 Å². The van der Waals surface area contributed by atoms with E-state index < -0.39 is 11.6 Å². The zero-order valence-electron chi connectivity index (χ0n) is 28.8. The largest absolute Gasteiger partial charge is 0.497 e. The number of benzene rings is 5. The predicted molar refractivity (Wildman–Crippen MR) is 209 cm³/mol. The van der Waals surface area contributed by atoms with Crippen LogP contribution in [0.4, 0.5) is 0 Å². The highest BCUT2D eigenvalue weighted by Gasteiger charge is 2.48. The van der Waals surface area contributed by atoms with Gasteiger partial charge in [0.1, 0.15) is 23.0 Å². The molecule has 0 saturated carbocycles. The van der Waals surface area contributed by atoms with Crippen molar-refractivity contribution in [1.82, 2.24) is 0 Å². The average molecular weight is 777 g/mol. The molecule has 0 fully saturated rings. The van der Waals surface area contributed by atoms with Gasteiger partial charge in [0.15, 0.2) is 5.60 Å². The molecule has 0 saturated heterocycles. The van der Waals surface area contributed by atoms with E-state index in [2.05, 4.69) is 0 Å². The minimum absolute atomic E-state index is 0.00399. The van der Waals surface area contributed by atoms with Crippen molar-refractivity contribution in [3.05, 3.63) is 163 Å². The molecule has 0 aliphatic carbocycles. The molecule has 1 aliphatic heterocycles. The molecule has 6 nitrogen and oxygen atoms in total. The van der Waals surface area contributed by atoms with E-state index in [4.69, 9.17) is 70.1 Å². The highest BCUT2D eigenvalue weighted by molar-refractivity contribution is 6.53. The number of halogens is 4. The third kappa shape index (κ3) is 7.35. The Kier molecular flexibility index (Phi) is 11.4. The second-order valence-corrected chi connectivity index (χ2v) is 13.2. The molecular formula is C42H34Cl4O6. The van der Waals surface area contributed by atoms with E-state index in [1.807, 2.05) is 123 Å². The number of carbonyl (C=O) groups excluding carboxylic acids is 1. The topological polar surface area (TPSA) is 63.2 Å². The van der Waals surface area contributed by atoms with E-state index in [0.717, 1.165) is 22.3 Å². The molecule has 1 heterocycles. The van der Waals surface area contributed by atoms with Crippen molar-refractivity contribution in [2.75, 3.05) is 27.4 Å². The average Bonchev–Trinajstić information content (AvgIpc) is 3.46. The summed E-state index contributed by atoms with van der Waals surface area (Å²) in [4.78, 5) is 14.0. The first-order chi connectivity index (χ1) is 25.1. The quantitative estimate of drug-likeness (QED) is 0.0714. The molecule has 266 valence electrons. The van der Waals surface area contributed by atoms with Crippen LogP contribution in [-0.2, 0) is 10.3 Å². The summed E-state index contributed by atoms with van der Waals surface area (Å²) in [5.41, 5.74) is 3.25. The van der Waals surface area contributed by atoms with Gasteiger partial charge in [-0.3, -0.25) is 0 Å². The van der Waals surface area contributed by atoms with Gasteiger partial charge in [-0.1, -0.05) is 94.9 Å². The van der Waals surface area contributed by atoms with Crippen molar-refractivity contribution in [2.24, 2.45) is 0 Å². The van der Waals surface area contributed by atoms with Crippen LogP contribution in [0, 0.1) is 0 Å². The third-order valence-corrected chi connectivity index (χ3v) is 10.4. The number of cyclic esters (lactones) is 1. The zero-order chi connectivity index (χ0) is 37.0. The molecule has 0 bridgehead atoms. The maximum atomic E-state index is 14.0. The zero-order valence-corrected chi connectivity index (χ0v) is 31.8. The summed E-state index contributed by atoms with van der Waals surface area (Å²) in [6.07, 6.45) is 3.72. The lowest BCUT2D eigenvalue weighted by molar-refractivity contribution is 0.0300. The van der Waals surface area contributed by atoms with Crippen molar-refractivity contribution in [2.45, 2.75) is 19.4 Å². The monoisotopic (exact) mass is 774 g/mol. The fraction of sp³-hybridized carbons (Fsp3) is 0.167. The Morgan fingerprint density at radius 3 is 1.25 bits per heavy atom. The molecule has 1 aliphatic rings. The van der Waals surface area contributed by atoms with Crippen LogP contribution in [0.5, 0.6) is 23.0 Å². The van der Waals surface area contributed by atoms with Crippen LogP contribution in [-0.4, -0.2) is 33.4 Å². The van der Waals surface area contributed by atoms with Crippen LogP contribution in [0.3, 0.4) is 0 Å². The Morgan fingerprint density at radius 2 is 0.904 bits per heavy atom. The number of carbonyl (C=O) groups is 1. The number of ether oxygens (including phenoxy) is 5. The summed E-state index contributed by atoms with van der Waals surface area (Å²) in [6, 6.07) is 30.5. The van der Waals surface area contributed by atoms with E-state index in [1.54, 1.807) is 14.2 Å². The fourth-order valence-electron chi connectivity index (χ4n) is 6.12. The number of methoxy groups -OCH3 is 2. The number of hydrogen-bond acceptors (Lipinski definition) is 6. The first kappa shape index (κ1) is 37.2. The summed E-state index contributed by atoms with van der Waals surface area (Å²) in [7, 11) is 3.21. The molecule has 5 aromatic carbocycles. The van der Waals surface area contributed by atoms with E-state index in [1.165, 1.54) is 0 Å². The lowest BCUT2D eigenvalue weighted by atomic mass is 9.83. The molecule has 5 aromatic rings. The number of esters is 1. The highest BCUT2D eigenvalue weighted by Crippen LogP contribution is 2.53. The minimum Gasteiger partial charge on any atom is -0.497 e. The minimum atomic E-state index is -1.66. The van der Waals surface area contributed by atoms with Gasteiger partial charge in [-0.25, -0.2) is 4.79 Å². The molecular weight excluding hydrogens is 742 g/mol. The van der Waals surface area contributed by atoms with E-state index in [-0.39, 0.29) is 31.2 Å². The van der Waals surface area contributed by atoms with Gasteiger partial charge in [0, 0.05) is 5.56 Å². The van der Waals surface area contributed by atoms with E-state index >= 15 is 0 Å². The van der Waals surface area contributed by atoms with Gasteiger partial charge >= 0.3 is 5.97 Å². The normalized spacial score (nSPS) is 15.6. The van der Waals surface area contributed by atoms with Crippen LogP contribution in [0.1, 0.15) is 52.0 Å². The Bertz CT molecular complexity index is 2030. The lowest BCUT2D eigenvalue weighted by Gasteiger charge is -2.27. The summed E-state index contributed by atoms with van der Waals surface area (Å²) in [5, 5.41) is -0.0721. The van der Waals surface area contributed by atoms with E-state index in [0.29, 0.717) is 47.4 Å². The standard InChI is InChI=1S/C42H34Cl4O6/c1-5-50-31-19-11-27(12-20-31)33(25-7-15-29(48-3)16-8-25)23-42(36-35(41(47)52-42)37(43)39(45)40(46)38(36)44)24-34(26-9-17-30(49-4)18-10-26)28-13-21-32(22-14-28)51-6-2/h7-24H,5-6H2,1-4H3/b33-23+,34-24+. The Hall–Kier alpha value is -4.59. The molecule has 6 rings (SSSR count). The van der Waals surface area contributed by atoms with Gasteiger partial charge < -0.3 is 23.7 Å². The number of fused-ring (bicyclic) bond motifs is 1. The van der Waals surface area contributed by atoms with Crippen molar-refractivity contribution in [3.63, 3.8) is 0 Å². The maximum absolute atomic E-state index is 14.0. The highest BCUT2D eigenvalue weighted by atomic mass is 35.5. The summed E-state index contributed by atoms with van der Waals surface area (Å²) in [5.74, 6) is 2.06. The van der Waals surface area contributed by atoms with Gasteiger partial charge in [0.25, 0.3) is 0 Å². The van der Waals surface area contributed by atoms with Crippen LogP contribution in [0.2, 0.25) is 20.1 Å². The molecule has 52 heavy (non-hydrogen) atoms. The Labute approximate surface area is 323 Å². The van der Waals surface area contributed by atoms with Crippen molar-refractivity contribution in [3.8, 4) is 23.0 Å². The van der Waals surface area contributed by atoms with Gasteiger partial charge in [0.2, 0.25) is 0 Å². The van der Waals surface area contributed by atoms with Crippen molar-refractivity contribution >= 4 is 63.5 Å². The van der Waals surface area contributed by atoms with Crippen LogP contribution in [0.15, 0.2) is 109 Å². The summed E-state index contributed by atoms with van der Waals surface area (Å²) >= 11 is 27.1. The molecule has 0 aromatic heterocycles. The Morgan fingerprint density at radius 1 is 0.558 bits per heavy atom. The molecule has 0 unspecified atom stereocenters. The molecule has 0 atom stereocenters. The molecule has 0 spiro atoms. The van der Waals surface area contributed by atoms with Gasteiger partial charge in [-0.15, -0.1) is 0 Å². The second kappa shape index (κ2) is 16.0. The Balaban J connectivity index is 1.72. The van der Waals surface area contributed by atoms with Crippen LogP contribution < -0.4 is 18.9 Å². The molecule has 0 radical (unpaired) electrons. The number of rotatable bonds is 12. The maximum Gasteiger partial charge on any atom is 0.341 e. The molecule has 0 N–H and O–H groups in total.